The summed E-state index contributed by atoms with van der Waals surface area (Å²) in [6.45, 7) is 5.55. The maximum Gasteiger partial charge on any atom is 0.222 e. The molecular weight excluding hydrogens is 212 g/mol. The van der Waals surface area contributed by atoms with Crippen molar-refractivity contribution in [3.05, 3.63) is 18.0 Å². The maximum absolute atomic E-state index is 4.27. The zero-order chi connectivity index (χ0) is 11.7. The Morgan fingerprint density at radius 3 is 2.76 bits per heavy atom. The van der Waals surface area contributed by atoms with Crippen molar-refractivity contribution in [2.45, 2.75) is 32.2 Å². The van der Waals surface area contributed by atoms with E-state index in [9.17, 15) is 0 Å². The Labute approximate surface area is 102 Å². The molecule has 2 fully saturated rings. The molecule has 0 spiro atoms. The van der Waals surface area contributed by atoms with Crippen LogP contribution in [0.15, 0.2) is 12.4 Å². The fourth-order valence-corrected chi connectivity index (χ4v) is 2.52. The summed E-state index contributed by atoms with van der Waals surface area (Å²) in [5.74, 6) is 1.53. The van der Waals surface area contributed by atoms with Gasteiger partial charge in [-0.15, -0.1) is 0 Å². The molecule has 0 aromatic carbocycles. The Morgan fingerprint density at radius 2 is 2.06 bits per heavy atom. The standard InChI is InChI=1S/C13H20N4/c1-10-6-14-13(15-7-10)16-8-11-4-5-17(9-11)12-2-3-12/h6-7,11-12H,2-5,8-9H2,1H3,(H,14,15,16). The zero-order valence-electron chi connectivity index (χ0n) is 10.4. The monoisotopic (exact) mass is 232 g/mol. The summed E-state index contributed by atoms with van der Waals surface area (Å²) in [6, 6.07) is 0.913. The van der Waals surface area contributed by atoms with E-state index >= 15 is 0 Å². The Morgan fingerprint density at radius 1 is 1.29 bits per heavy atom. The van der Waals surface area contributed by atoms with E-state index in [0.29, 0.717) is 0 Å². The number of hydrogen-bond donors (Lipinski definition) is 1. The van der Waals surface area contributed by atoms with Crippen molar-refractivity contribution in [2.24, 2.45) is 5.92 Å². The van der Waals surface area contributed by atoms with Crippen molar-refractivity contribution in [2.75, 3.05) is 25.0 Å². The Balaban J connectivity index is 1.46. The van der Waals surface area contributed by atoms with Crippen molar-refractivity contribution in [3.8, 4) is 0 Å². The summed E-state index contributed by atoms with van der Waals surface area (Å²) in [7, 11) is 0. The van der Waals surface area contributed by atoms with Gasteiger partial charge >= 0.3 is 0 Å². The molecule has 0 radical (unpaired) electrons. The molecule has 2 aliphatic rings. The minimum Gasteiger partial charge on any atom is -0.354 e. The number of aromatic nitrogens is 2. The molecule has 1 aliphatic heterocycles. The molecule has 1 aromatic heterocycles. The van der Waals surface area contributed by atoms with Gasteiger partial charge in [-0.1, -0.05) is 0 Å². The molecule has 1 unspecified atom stereocenters. The van der Waals surface area contributed by atoms with Crippen LogP contribution in [0.3, 0.4) is 0 Å². The van der Waals surface area contributed by atoms with Gasteiger partial charge in [-0.05, 0) is 44.2 Å². The van der Waals surface area contributed by atoms with E-state index in [0.717, 1.165) is 30.0 Å². The van der Waals surface area contributed by atoms with E-state index in [1.54, 1.807) is 0 Å². The quantitative estimate of drug-likeness (QED) is 0.857. The molecule has 4 heteroatoms. The van der Waals surface area contributed by atoms with Crippen molar-refractivity contribution >= 4 is 5.95 Å². The van der Waals surface area contributed by atoms with Crippen LogP contribution >= 0.6 is 0 Å². The molecule has 92 valence electrons. The van der Waals surface area contributed by atoms with Crippen LogP contribution in [0, 0.1) is 12.8 Å². The van der Waals surface area contributed by atoms with Gasteiger partial charge in [0.2, 0.25) is 5.95 Å². The van der Waals surface area contributed by atoms with E-state index in [4.69, 9.17) is 0 Å². The number of likely N-dealkylation sites (tertiary alicyclic amines) is 1. The second-order valence-electron chi connectivity index (χ2n) is 5.35. The second kappa shape index (κ2) is 4.61. The van der Waals surface area contributed by atoms with Gasteiger partial charge in [0.1, 0.15) is 0 Å². The third kappa shape index (κ3) is 2.75. The van der Waals surface area contributed by atoms with Gasteiger partial charge < -0.3 is 10.2 Å². The third-order valence-electron chi connectivity index (χ3n) is 3.71. The van der Waals surface area contributed by atoms with E-state index in [1.165, 1.54) is 32.4 Å². The SMILES string of the molecule is Cc1cnc(NCC2CCN(C3CC3)C2)nc1. The van der Waals surface area contributed by atoms with Gasteiger partial charge in [-0.25, -0.2) is 9.97 Å². The molecule has 1 N–H and O–H groups in total. The smallest absolute Gasteiger partial charge is 0.222 e. The fraction of sp³-hybridized carbons (Fsp3) is 0.692. The molecule has 2 heterocycles. The number of rotatable bonds is 4. The molecular formula is C13H20N4. The van der Waals surface area contributed by atoms with Crippen LogP contribution in [0.2, 0.25) is 0 Å². The van der Waals surface area contributed by atoms with Crippen molar-refractivity contribution in [1.29, 1.82) is 0 Å². The third-order valence-corrected chi connectivity index (χ3v) is 3.71. The van der Waals surface area contributed by atoms with Crippen LogP contribution in [0.4, 0.5) is 5.95 Å². The van der Waals surface area contributed by atoms with Crippen LogP contribution < -0.4 is 5.32 Å². The molecule has 4 nitrogen and oxygen atoms in total. The number of nitrogens with zero attached hydrogens (tertiary/aromatic N) is 3. The van der Waals surface area contributed by atoms with Gasteiger partial charge in [0.15, 0.2) is 0 Å². The average molecular weight is 232 g/mol. The lowest BCUT2D eigenvalue weighted by molar-refractivity contribution is 0.316. The molecule has 1 aliphatic carbocycles. The average Bonchev–Trinajstić information content (AvgIpc) is 3.09. The minimum absolute atomic E-state index is 0.764. The minimum atomic E-state index is 0.764. The highest BCUT2D eigenvalue weighted by atomic mass is 15.2. The molecule has 0 amide bonds. The van der Waals surface area contributed by atoms with Gasteiger partial charge in [0.05, 0.1) is 0 Å². The van der Waals surface area contributed by atoms with Gasteiger partial charge in [0, 0.05) is 31.5 Å². The number of anilines is 1. The normalized spacial score (nSPS) is 25.1. The van der Waals surface area contributed by atoms with E-state index < -0.39 is 0 Å². The second-order valence-corrected chi connectivity index (χ2v) is 5.35. The lowest BCUT2D eigenvalue weighted by Crippen LogP contribution is -2.25. The summed E-state index contributed by atoms with van der Waals surface area (Å²) < 4.78 is 0. The van der Waals surface area contributed by atoms with Crippen molar-refractivity contribution in [1.82, 2.24) is 14.9 Å². The predicted octanol–water partition coefficient (Wildman–Crippen LogP) is 1.68. The first-order valence-electron chi connectivity index (χ1n) is 6.58. The summed E-state index contributed by atoms with van der Waals surface area (Å²) in [5.41, 5.74) is 1.11. The van der Waals surface area contributed by atoms with E-state index in [1.807, 2.05) is 19.3 Å². The number of nitrogens with one attached hydrogen (secondary N) is 1. The molecule has 17 heavy (non-hydrogen) atoms. The molecule has 1 saturated carbocycles. The van der Waals surface area contributed by atoms with Crippen LogP contribution in [0.1, 0.15) is 24.8 Å². The lowest BCUT2D eigenvalue weighted by atomic mass is 10.1. The predicted molar refractivity (Wildman–Crippen MR) is 68.0 cm³/mol. The van der Waals surface area contributed by atoms with E-state index in [-0.39, 0.29) is 0 Å². The van der Waals surface area contributed by atoms with E-state index in [2.05, 4.69) is 20.2 Å². The first-order chi connectivity index (χ1) is 8.31. The van der Waals surface area contributed by atoms with Crippen molar-refractivity contribution in [3.63, 3.8) is 0 Å². The highest BCUT2D eigenvalue weighted by Gasteiger charge is 2.34. The molecule has 1 atom stereocenters. The Hall–Kier alpha value is -1.16. The summed E-state index contributed by atoms with van der Waals surface area (Å²) in [4.78, 5) is 11.2. The molecule has 1 aromatic rings. The van der Waals surface area contributed by atoms with Crippen LogP contribution in [-0.2, 0) is 0 Å². The molecule has 1 saturated heterocycles. The highest BCUT2D eigenvalue weighted by Crippen LogP contribution is 2.31. The van der Waals surface area contributed by atoms with Crippen molar-refractivity contribution < 1.29 is 0 Å². The zero-order valence-corrected chi connectivity index (χ0v) is 10.4. The largest absolute Gasteiger partial charge is 0.354 e. The van der Waals surface area contributed by atoms with Crippen LogP contribution in [-0.4, -0.2) is 40.5 Å². The summed E-state index contributed by atoms with van der Waals surface area (Å²) in [5, 5.41) is 3.34. The number of aryl methyl sites for hydroxylation is 1. The summed E-state index contributed by atoms with van der Waals surface area (Å²) in [6.07, 6.45) is 7.87. The first kappa shape index (κ1) is 11.0. The maximum atomic E-state index is 4.27. The topological polar surface area (TPSA) is 41.1 Å². The van der Waals surface area contributed by atoms with Gasteiger partial charge in [0.25, 0.3) is 0 Å². The molecule has 0 bridgehead atoms. The van der Waals surface area contributed by atoms with Gasteiger partial charge in [-0.2, -0.15) is 0 Å². The van der Waals surface area contributed by atoms with Crippen LogP contribution in [0.25, 0.3) is 0 Å². The lowest BCUT2D eigenvalue weighted by Gasteiger charge is -2.15. The van der Waals surface area contributed by atoms with Gasteiger partial charge in [-0.3, -0.25) is 0 Å². The molecule has 3 rings (SSSR count). The highest BCUT2D eigenvalue weighted by molar-refractivity contribution is 5.24. The Kier molecular flexibility index (Phi) is 2.97. The van der Waals surface area contributed by atoms with Crippen LogP contribution in [0.5, 0.6) is 0 Å². The Bertz CT molecular complexity index is 372. The fourth-order valence-electron chi connectivity index (χ4n) is 2.52. The number of hydrogen-bond acceptors (Lipinski definition) is 4. The first-order valence-corrected chi connectivity index (χ1v) is 6.58. The summed E-state index contributed by atoms with van der Waals surface area (Å²) >= 11 is 0.